The first-order valence-corrected chi connectivity index (χ1v) is 11.1. The molecule has 0 saturated heterocycles. The Morgan fingerprint density at radius 1 is 1.03 bits per heavy atom. The minimum absolute atomic E-state index is 0.267. The molecule has 4 bridgehead atoms. The molecule has 6 rings (SSSR count). The van der Waals surface area contributed by atoms with Gasteiger partial charge in [-0.3, -0.25) is 0 Å². The first kappa shape index (κ1) is 19.8. The monoisotopic (exact) mass is 413 g/mol. The number of anilines is 2. The smallest absolute Gasteiger partial charge is 0.224 e. The molecule has 4 N–H and O–H groups in total. The van der Waals surface area contributed by atoms with Crippen molar-refractivity contribution in [2.75, 3.05) is 17.2 Å². The quantitative estimate of drug-likeness (QED) is 0.663. The van der Waals surface area contributed by atoms with Gasteiger partial charge in [-0.05, 0) is 66.9 Å². The molecule has 3 unspecified atom stereocenters. The van der Waals surface area contributed by atoms with Crippen molar-refractivity contribution in [3.8, 4) is 12.1 Å². The van der Waals surface area contributed by atoms with E-state index >= 15 is 0 Å². The fourth-order valence-corrected chi connectivity index (χ4v) is 6.36. The molecular weight excluding hydrogens is 386 g/mol. The lowest BCUT2D eigenvalue weighted by Crippen LogP contribution is -2.58. The Kier molecular flexibility index (Phi) is 5.00. The van der Waals surface area contributed by atoms with Crippen molar-refractivity contribution in [1.82, 2.24) is 9.97 Å². The topological polar surface area (TPSA) is 123 Å². The number of rotatable bonds is 6. The molecule has 1 aromatic carbocycles. The lowest BCUT2D eigenvalue weighted by Gasteiger charge is -2.59. The lowest BCUT2D eigenvalue weighted by atomic mass is 9.48. The van der Waals surface area contributed by atoms with Gasteiger partial charge in [0.2, 0.25) is 5.95 Å². The number of hydrogen-bond donors (Lipinski definition) is 3. The summed E-state index contributed by atoms with van der Waals surface area (Å²) in [5.74, 6) is 3.12. The van der Waals surface area contributed by atoms with Crippen molar-refractivity contribution in [1.29, 1.82) is 10.5 Å². The molecule has 1 aromatic heterocycles. The third kappa shape index (κ3) is 3.71. The Balaban J connectivity index is 1.29. The van der Waals surface area contributed by atoms with E-state index in [-0.39, 0.29) is 5.41 Å². The summed E-state index contributed by atoms with van der Waals surface area (Å²) >= 11 is 0. The average Bonchev–Trinajstić information content (AvgIpc) is 2.79. The Labute approximate surface area is 182 Å². The molecule has 4 aliphatic carbocycles. The number of benzene rings is 1. The van der Waals surface area contributed by atoms with Gasteiger partial charge >= 0.3 is 0 Å². The van der Waals surface area contributed by atoms with Gasteiger partial charge < -0.3 is 16.4 Å². The number of nitrogens with two attached hydrogens (primary N) is 1. The van der Waals surface area contributed by atoms with Crippen LogP contribution in [0.4, 0.5) is 11.8 Å². The Hall–Kier alpha value is -3.16. The van der Waals surface area contributed by atoms with E-state index in [4.69, 9.17) is 5.73 Å². The van der Waals surface area contributed by atoms with E-state index in [1.165, 1.54) is 32.1 Å². The zero-order valence-corrected chi connectivity index (χ0v) is 17.5. The molecular formula is C24H27N7. The third-order valence-corrected chi connectivity index (χ3v) is 7.59. The van der Waals surface area contributed by atoms with Gasteiger partial charge in [0.15, 0.2) is 0 Å². The molecule has 0 spiro atoms. The number of nitrogens with one attached hydrogen (secondary N) is 2. The van der Waals surface area contributed by atoms with Gasteiger partial charge in [0, 0.05) is 19.1 Å². The lowest BCUT2D eigenvalue weighted by molar-refractivity contribution is -0.0591. The molecule has 0 radical (unpaired) electrons. The van der Waals surface area contributed by atoms with Crippen molar-refractivity contribution >= 4 is 11.8 Å². The van der Waals surface area contributed by atoms with Gasteiger partial charge in [-0.25, -0.2) is 4.98 Å². The van der Waals surface area contributed by atoms with Crippen molar-refractivity contribution in [2.45, 2.75) is 44.7 Å². The van der Waals surface area contributed by atoms with Crippen LogP contribution in [0.1, 0.15) is 48.8 Å². The zero-order valence-electron chi connectivity index (χ0n) is 17.5. The third-order valence-electron chi connectivity index (χ3n) is 7.59. The van der Waals surface area contributed by atoms with E-state index in [9.17, 15) is 10.5 Å². The highest BCUT2D eigenvalue weighted by Gasteiger charge is 2.54. The maximum Gasteiger partial charge on any atom is 0.224 e. The van der Waals surface area contributed by atoms with E-state index in [1.54, 1.807) is 12.3 Å². The molecule has 4 fully saturated rings. The van der Waals surface area contributed by atoms with Crippen LogP contribution in [0.2, 0.25) is 0 Å². The summed E-state index contributed by atoms with van der Waals surface area (Å²) < 4.78 is 0. The SMILES string of the molecule is N#Cc1ccccc1CNc1ncc(C#N)c(NCC23CC4C[C@H](C2)C(N)[C@@H](C4)C3)n1. The Morgan fingerprint density at radius 3 is 2.52 bits per heavy atom. The van der Waals surface area contributed by atoms with Gasteiger partial charge in [-0.1, -0.05) is 18.2 Å². The van der Waals surface area contributed by atoms with E-state index in [0.717, 1.165) is 18.0 Å². The van der Waals surface area contributed by atoms with E-state index < -0.39 is 0 Å². The molecule has 0 amide bonds. The molecule has 4 saturated carbocycles. The van der Waals surface area contributed by atoms with Crippen LogP contribution in [-0.2, 0) is 6.54 Å². The summed E-state index contributed by atoms with van der Waals surface area (Å²) in [7, 11) is 0. The first-order valence-electron chi connectivity index (χ1n) is 11.1. The van der Waals surface area contributed by atoms with Crippen molar-refractivity contribution in [3.05, 3.63) is 47.2 Å². The maximum absolute atomic E-state index is 9.54. The largest absolute Gasteiger partial charge is 0.368 e. The fourth-order valence-electron chi connectivity index (χ4n) is 6.36. The summed E-state index contributed by atoms with van der Waals surface area (Å²) in [6.07, 6.45) is 7.74. The summed E-state index contributed by atoms with van der Waals surface area (Å²) in [4.78, 5) is 8.86. The van der Waals surface area contributed by atoms with Crippen molar-refractivity contribution in [2.24, 2.45) is 28.9 Å². The second-order valence-corrected chi connectivity index (χ2v) is 9.59. The van der Waals surface area contributed by atoms with Crippen molar-refractivity contribution < 1.29 is 0 Å². The molecule has 31 heavy (non-hydrogen) atoms. The fraction of sp³-hybridized carbons (Fsp3) is 0.500. The Morgan fingerprint density at radius 2 is 1.77 bits per heavy atom. The molecule has 7 nitrogen and oxygen atoms in total. The van der Waals surface area contributed by atoms with E-state index in [2.05, 4.69) is 32.7 Å². The highest BCUT2D eigenvalue weighted by molar-refractivity contribution is 5.53. The van der Waals surface area contributed by atoms with Crippen LogP contribution in [-0.4, -0.2) is 22.6 Å². The second-order valence-electron chi connectivity index (χ2n) is 9.59. The Bertz CT molecular complexity index is 1050. The first-order chi connectivity index (χ1) is 15.1. The van der Waals surface area contributed by atoms with Crippen LogP contribution >= 0.6 is 0 Å². The summed E-state index contributed by atoms with van der Waals surface area (Å²) in [5.41, 5.74) is 8.72. The standard InChI is InChI=1S/C24H27N7/c25-10-16-3-1-2-4-17(16)12-28-23-29-13-20(11-26)22(31-23)30-14-24-7-15-5-18(8-24)21(27)19(6-15)9-24/h1-4,13,15,18-19,21H,5-9,12,14,27H2,(H2,28,29,30,31)/t15?,18-,19+,21?,24?. The maximum atomic E-state index is 9.54. The van der Waals surface area contributed by atoms with Gasteiger partial charge in [-0.15, -0.1) is 0 Å². The van der Waals surface area contributed by atoms with Gasteiger partial charge in [-0.2, -0.15) is 15.5 Å². The van der Waals surface area contributed by atoms with Crippen LogP contribution in [0.15, 0.2) is 30.5 Å². The van der Waals surface area contributed by atoms with Crippen LogP contribution in [0.5, 0.6) is 0 Å². The van der Waals surface area contributed by atoms with Crippen LogP contribution < -0.4 is 16.4 Å². The molecule has 0 aliphatic heterocycles. The molecule has 4 aliphatic rings. The number of nitriles is 2. The summed E-state index contributed by atoms with van der Waals surface area (Å²) in [5, 5.41) is 25.5. The molecule has 5 atom stereocenters. The van der Waals surface area contributed by atoms with Gasteiger partial charge in [0.05, 0.1) is 17.8 Å². The molecule has 2 aromatic rings. The van der Waals surface area contributed by atoms with Crippen molar-refractivity contribution in [3.63, 3.8) is 0 Å². The average molecular weight is 414 g/mol. The van der Waals surface area contributed by atoms with E-state index in [1.807, 2.05) is 18.2 Å². The van der Waals surface area contributed by atoms with Crippen LogP contribution in [0, 0.1) is 45.8 Å². The van der Waals surface area contributed by atoms with E-state index in [0.29, 0.717) is 47.3 Å². The van der Waals surface area contributed by atoms with Crippen LogP contribution in [0.25, 0.3) is 0 Å². The predicted molar refractivity (Wildman–Crippen MR) is 118 cm³/mol. The molecule has 7 heteroatoms. The minimum Gasteiger partial charge on any atom is -0.368 e. The summed E-state index contributed by atoms with van der Waals surface area (Å²) in [6, 6.07) is 12.2. The number of nitrogens with zero attached hydrogens (tertiary/aromatic N) is 4. The molecule has 1 heterocycles. The highest BCUT2D eigenvalue weighted by atomic mass is 15.1. The number of hydrogen-bond acceptors (Lipinski definition) is 7. The predicted octanol–water partition coefficient (Wildman–Crippen LogP) is 3.40. The summed E-state index contributed by atoms with van der Waals surface area (Å²) in [6.45, 7) is 1.27. The normalized spacial score (nSPS) is 30.4. The van der Waals surface area contributed by atoms with Crippen LogP contribution in [0.3, 0.4) is 0 Å². The number of aromatic nitrogens is 2. The minimum atomic E-state index is 0.267. The van der Waals surface area contributed by atoms with Gasteiger partial charge in [0.1, 0.15) is 17.5 Å². The molecule has 158 valence electrons. The van der Waals surface area contributed by atoms with Gasteiger partial charge in [0.25, 0.3) is 0 Å². The second kappa shape index (κ2) is 7.83. The zero-order chi connectivity index (χ0) is 21.4. The highest BCUT2D eigenvalue weighted by Crippen LogP contribution is 2.59.